The molecule has 1 saturated carbocycles. The molecule has 3 unspecified atom stereocenters. The molecule has 3 nitrogen and oxygen atoms in total. The summed E-state index contributed by atoms with van der Waals surface area (Å²) in [6.45, 7) is 6.57. The van der Waals surface area contributed by atoms with Crippen molar-refractivity contribution in [1.82, 2.24) is 10.2 Å². The first-order valence-corrected chi connectivity index (χ1v) is 7.13. The first-order chi connectivity index (χ1) is 8.21. The van der Waals surface area contributed by atoms with E-state index in [9.17, 15) is 5.26 Å². The topological polar surface area (TPSA) is 39.1 Å². The molecule has 1 heterocycles. The molecule has 1 aliphatic heterocycles. The fourth-order valence-corrected chi connectivity index (χ4v) is 3.67. The van der Waals surface area contributed by atoms with Crippen molar-refractivity contribution in [3.05, 3.63) is 0 Å². The number of nitrogens with zero attached hydrogens (tertiary/aromatic N) is 2. The Morgan fingerprint density at radius 1 is 1.41 bits per heavy atom. The van der Waals surface area contributed by atoms with E-state index in [0.29, 0.717) is 6.04 Å². The van der Waals surface area contributed by atoms with Crippen molar-refractivity contribution in [1.29, 1.82) is 5.26 Å². The second-order valence-electron chi connectivity index (χ2n) is 5.70. The predicted molar refractivity (Wildman–Crippen MR) is 69.7 cm³/mol. The minimum Gasteiger partial charge on any atom is -0.300 e. The molecule has 0 amide bonds. The molecule has 0 aromatic rings. The van der Waals surface area contributed by atoms with Crippen molar-refractivity contribution in [2.24, 2.45) is 0 Å². The van der Waals surface area contributed by atoms with Crippen molar-refractivity contribution in [2.75, 3.05) is 13.1 Å². The van der Waals surface area contributed by atoms with Crippen molar-refractivity contribution < 1.29 is 0 Å². The Kier molecular flexibility index (Phi) is 4.06. The third-order valence-corrected chi connectivity index (χ3v) is 4.53. The smallest absolute Gasteiger partial charge is 0.108 e. The van der Waals surface area contributed by atoms with E-state index in [1.54, 1.807) is 0 Å². The minimum absolute atomic E-state index is 0.250. The summed E-state index contributed by atoms with van der Waals surface area (Å²) in [7, 11) is 0. The van der Waals surface area contributed by atoms with Crippen LogP contribution < -0.4 is 5.32 Å². The van der Waals surface area contributed by atoms with Crippen LogP contribution in [0, 0.1) is 11.3 Å². The molecule has 3 heteroatoms. The van der Waals surface area contributed by atoms with Gasteiger partial charge in [0.15, 0.2) is 0 Å². The molecule has 2 rings (SSSR count). The normalized spacial score (nSPS) is 39.1. The highest BCUT2D eigenvalue weighted by atomic mass is 15.2. The minimum atomic E-state index is -0.250. The Morgan fingerprint density at radius 2 is 2.24 bits per heavy atom. The Morgan fingerprint density at radius 3 is 2.82 bits per heavy atom. The number of nitrogens with one attached hydrogen (secondary N) is 1. The van der Waals surface area contributed by atoms with E-state index in [4.69, 9.17) is 0 Å². The average Bonchev–Trinajstić information content (AvgIpc) is 2.76. The fourth-order valence-electron chi connectivity index (χ4n) is 3.67. The third kappa shape index (κ3) is 2.64. The molecule has 1 aliphatic carbocycles. The molecule has 2 aliphatic rings. The average molecular weight is 235 g/mol. The number of hydrogen-bond acceptors (Lipinski definition) is 3. The van der Waals surface area contributed by atoms with Gasteiger partial charge < -0.3 is 0 Å². The SMILES string of the molecule is CCNC1(C#N)CCCC(N2CCCC2C)C1. The maximum absolute atomic E-state index is 9.47. The second-order valence-corrected chi connectivity index (χ2v) is 5.70. The summed E-state index contributed by atoms with van der Waals surface area (Å²) in [5, 5.41) is 12.9. The summed E-state index contributed by atoms with van der Waals surface area (Å²) in [6, 6.07) is 3.89. The molecule has 1 N–H and O–H groups in total. The lowest BCUT2D eigenvalue weighted by Crippen LogP contribution is -2.53. The zero-order valence-corrected chi connectivity index (χ0v) is 11.2. The largest absolute Gasteiger partial charge is 0.300 e. The molecule has 0 bridgehead atoms. The molecule has 1 saturated heterocycles. The summed E-state index contributed by atoms with van der Waals surface area (Å²) in [6.07, 6.45) is 7.17. The van der Waals surface area contributed by atoms with Gasteiger partial charge in [-0.15, -0.1) is 0 Å². The van der Waals surface area contributed by atoms with Crippen molar-refractivity contribution in [3.8, 4) is 6.07 Å². The number of likely N-dealkylation sites (tertiary alicyclic amines) is 1. The second kappa shape index (κ2) is 5.37. The molecule has 2 fully saturated rings. The van der Waals surface area contributed by atoms with Crippen LogP contribution in [0.2, 0.25) is 0 Å². The highest BCUT2D eigenvalue weighted by Crippen LogP contribution is 2.34. The Balaban J connectivity index is 2.03. The van der Waals surface area contributed by atoms with Gasteiger partial charge in [0.1, 0.15) is 5.54 Å². The lowest BCUT2D eigenvalue weighted by molar-refractivity contribution is 0.115. The van der Waals surface area contributed by atoms with Gasteiger partial charge in [-0.3, -0.25) is 10.2 Å². The summed E-state index contributed by atoms with van der Waals surface area (Å²) in [5.41, 5.74) is -0.250. The first kappa shape index (κ1) is 12.9. The van der Waals surface area contributed by atoms with Gasteiger partial charge in [-0.1, -0.05) is 6.92 Å². The van der Waals surface area contributed by atoms with E-state index in [1.165, 1.54) is 32.2 Å². The van der Waals surface area contributed by atoms with Gasteiger partial charge in [-0.2, -0.15) is 5.26 Å². The van der Waals surface area contributed by atoms with Gasteiger partial charge in [0.05, 0.1) is 6.07 Å². The number of hydrogen-bond donors (Lipinski definition) is 1. The van der Waals surface area contributed by atoms with E-state index in [2.05, 4.69) is 30.1 Å². The summed E-state index contributed by atoms with van der Waals surface area (Å²) < 4.78 is 0. The third-order valence-electron chi connectivity index (χ3n) is 4.53. The van der Waals surface area contributed by atoms with E-state index in [1.807, 2.05) is 0 Å². The monoisotopic (exact) mass is 235 g/mol. The first-order valence-electron chi connectivity index (χ1n) is 7.13. The van der Waals surface area contributed by atoms with Gasteiger partial charge in [-0.25, -0.2) is 0 Å². The standard InChI is InChI=1S/C14H25N3/c1-3-16-14(11-15)8-4-7-13(10-14)17-9-5-6-12(17)2/h12-13,16H,3-10H2,1-2H3. The summed E-state index contributed by atoms with van der Waals surface area (Å²) in [4.78, 5) is 2.64. The Bertz CT molecular complexity index is 292. The van der Waals surface area contributed by atoms with Crippen LogP contribution in [0.4, 0.5) is 0 Å². The highest BCUT2D eigenvalue weighted by Gasteiger charge is 2.39. The van der Waals surface area contributed by atoms with Crippen LogP contribution in [0.1, 0.15) is 52.4 Å². The summed E-state index contributed by atoms with van der Waals surface area (Å²) >= 11 is 0. The van der Waals surface area contributed by atoms with Gasteiger partial charge >= 0.3 is 0 Å². The number of nitriles is 1. The van der Waals surface area contributed by atoms with Gasteiger partial charge in [0.25, 0.3) is 0 Å². The molecule has 0 spiro atoms. The zero-order chi connectivity index (χ0) is 12.3. The van der Waals surface area contributed by atoms with Crippen molar-refractivity contribution >= 4 is 0 Å². The van der Waals surface area contributed by atoms with Crippen LogP contribution in [0.5, 0.6) is 0 Å². The van der Waals surface area contributed by atoms with E-state index in [-0.39, 0.29) is 5.54 Å². The lowest BCUT2D eigenvalue weighted by atomic mass is 9.79. The molecule has 0 aromatic heterocycles. The quantitative estimate of drug-likeness (QED) is 0.815. The van der Waals surface area contributed by atoms with E-state index < -0.39 is 0 Å². The maximum atomic E-state index is 9.47. The van der Waals surface area contributed by atoms with Crippen LogP contribution in [-0.2, 0) is 0 Å². The fraction of sp³-hybridized carbons (Fsp3) is 0.929. The highest BCUT2D eigenvalue weighted by molar-refractivity contribution is 5.11. The van der Waals surface area contributed by atoms with Crippen LogP contribution in [0.3, 0.4) is 0 Å². The summed E-state index contributed by atoms with van der Waals surface area (Å²) in [5.74, 6) is 0. The Hall–Kier alpha value is -0.590. The zero-order valence-electron chi connectivity index (χ0n) is 11.2. The Labute approximate surface area is 105 Å². The molecule has 0 radical (unpaired) electrons. The van der Waals surface area contributed by atoms with Gasteiger partial charge in [0.2, 0.25) is 0 Å². The lowest BCUT2D eigenvalue weighted by Gasteiger charge is -2.41. The van der Waals surface area contributed by atoms with E-state index in [0.717, 1.165) is 25.4 Å². The van der Waals surface area contributed by atoms with Crippen LogP contribution in [0.25, 0.3) is 0 Å². The van der Waals surface area contributed by atoms with Crippen LogP contribution in [0.15, 0.2) is 0 Å². The van der Waals surface area contributed by atoms with E-state index >= 15 is 0 Å². The molecular formula is C14H25N3. The predicted octanol–water partition coefficient (Wildman–Crippen LogP) is 2.29. The molecule has 0 aromatic carbocycles. The molecule has 3 atom stereocenters. The molecule has 96 valence electrons. The maximum Gasteiger partial charge on any atom is 0.108 e. The van der Waals surface area contributed by atoms with Gasteiger partial charge in [-0.05, 0) is 58.5 Å². The van der Waals surface area contributed by atoms with Gasteiger partial charge in [0, 0.05) is 12.1 Å². The van der Waals surface area contributed by atoms with Crippen molar-refractivity contribution in [3.63, 3.8) is 0 Å². The van der Waals surface area contributed by atoms with Crippen LogP contribution >= 0.6 is 0 Å². The van der Waals surface area contributed by atoms with Crippen LogP contribution in [-0.4, -0.2) is 35.6 Å². The van der Waals surface area contributed by atoms with Crippen molar-refractivity contribution in [2.45, 2.75) is 70.0 Å². The number of rotatable bonds is 3. The molecule has 17 heavy (non-hydrogen) atoms. The molecular weight excluding hydrogens is 210 g/mol.